The van der Waals surface area contributed by atoms with Crippen LogP contribution in [-0.4, -0.2) is 37.4 Å². The molecule has 0 aliphatic heterocycles. The van der Waals surface area contributed by atoms with Crippen LogP contribution < -0.4 is 0 Å². The molecule has 0 bridgehead atoms. The summed E-state index contributed by atoms with van der Waals surface area (Å²) in [5.74, 6) is 0.587. The highest BCUT2D eigenvalue weighted by molar-refractivity contribution is 7.99. The molecule has 1 aromatic heterocycles. The van der Waals surface area contributed by atoms with Gasteiger partial charge in [-0.2, -0.15) is 0 Å². The summed E-state index contributed by atoms with van der Waals surface area (Å²) < 4.78 is 16.3. The third-order valence-corrected chi connectivity index (χ3v) is 6.75. The van der Waals surface area contributed by atoms with Crippen LogP contribution in [0.5, 0.6) is 0 Å². The van der Waals surface area contributed by atoms with Crippen molar-refractivity contribution in [2.45, 2.75) is 51.0 Å². The summed E-state index contributed by atoms with van der Waals surface area (Å²) in [6.07, 6.45) is 1.87. The van der Waals surface area contributed by atoms with Crippen molar-refractivity contribution in [1.82, 2.24) is 19.7 Å². The molecule has 2 aromatic carbocycles. The number of rotatable bonds is 8. The molecule has 1 heterocycles. The largest absolute Gasteiger partial charge is 0.334 e. The van der Waals surface area contributed by atoms with Crippen LogP contribution in [0.4, 0.5) is 4.39 Å². The van der Waals surface area contributed by atoms with Crippen LogP contribution in [0, 0.1) is 12.7 Å². The Bertz CT molecular complexity index is 1080. The van der Waals surface area contributed by atoms with E-state index in [-0.39, 0.29) is 30.1 Å². The van der Waals surface area contributed by atoms with Crippen LogP contribution in [0.25, 0.3) is 11.4 Å². The van der Waals surface area contributed by atoms with Crippen molar-refractivity contribution >= 4 is 29.3 Å². The minimum Gasteiger partial charge on any atom is -0.334 e. The lowest BCUT2D eigenvalue weighted by Crippen LogP contribution is -2.34. The molecule has 0 atom stereocenters. The van der Waals surface area contributed by atoms with Crippen LogP contribution in [0.2, 0.25) is 5.02 Å². The number of halogens is 2. The molecule has 1 amide bonds. The molecule has 0 radical (unpaired) electrons. The number of carbonyl (C=O) groups excluding carboxylic acids is 1. The number of hydrogen-bond donors (Lipinski definition) is 0. The molecule has 0 unspecified atom stereocenters. The summed E-state index contributed by atoms with van der Waals surface area (Å²) in [6.45, 7) is 4.96. The first-order valence-corrected chi connectivity index (χ1v) is 11.7. The summed E-state index contributed by atoms with van der Waals surface area (Å²) in [6, 6.07) is 12.8. The van der Waals surface area contributed by atoms with Gasteiger partial charge in [0.25, 0.3) is 0 Å². The molecule has 8 heteroatoms. The number of benzene rings is 2. The lowest BCUT2D eigenvalue weighted by molar-refractivity contribution is -0.129. The van der Waals surface area contributed by atoms with Gasteiger partial charge in [-0.15, -0.1) is 10.2 Å². The Hall–Kier alpha value is -2.38. The molecule has 1 aliphatic rings. The van der Waals surface area contributed by atoms with E-state index in [0.717, 1.165) is 29.8 Å². The maximum Gasteiger partial charge on any atom is 0.233 e. The summed E-state index contributed by atoms with van der Waals surface area (Å²) in [7, 11) is 0. The van der Waals surface area contributed by atoms with Gasteiger partial charge in [-0.05, 0) is 44.4 Å². The van der Waals surface area contributed by atoms with Crippen LogP contribution >= 0.6 is 23.4 Å². The summed E-state index contributed by atoms with van der Waals surface area (Å²) in [5, 5.41) is 9.76. The van der Waals surface area contributed by atoms with E-state index < -0.39 is 0 Å². The van der Waals surface area contributed by atoms with E-state index in [0.29, 0.717) is 22.3 Å². The molecular weight excluding hydrogens is 435 g/mol. The van der Waals surface area contributed by atoms with Gasteiger partial charge in [-0.1, -0.05) is 53.7 Å². The predicted octanol–water partition coefficient (Wildman–Crippen LogP) is 5.35. The smallest absolute Gasteiger partial charge is 0.233 e. The van der Waals surface area contributed by atoms with Crippen molar-refractivity contribution in [2.24, 2.45) is 0 Å². The van der Waals surface area contributed by atoms with Crippen LogP contribution in [-0.2, 0) is 17.9 Å². The fourth-order valence-electron chi connectivity index (χ4n) is 3.57. The van der Waals surface area contributed by atoms with Crippen molar-refractivity contribution in [3.05, 3.63) is 64.4 Å². The van der Waals surface area contributed by atoms with Crippen molar-refractivity contribution in [3.63, 3.8) is 0 Å². The highest BCUT2D eigenvalue weighted by atomic mass is 35.5. The molecule has 1 saturated carbocycles. The Kier molecular flexibility index (Phi) is 6.62. The Morgan fingerprint density at radius 2 is 2.00 bits per heavy atom. The van der Waals surface area contributed by atoms with Gasteiger partial charge < -0.3 is 9.47 Å². The highest BCUT2D eigenvalue weighted by Crippen LogP contribution is 2.32. The molecule has 1 fully saturated rings. The topological polar surface area (TPSA) is 51.0 Å². The van der Waals surface area contributed by atoms with Gasteiger partial charge in [0.15, 0.2) is 11.0 Å². The average Bonchev–Trinajstić information content (AvgIpc) is 3.51. The fourth-order valence-corrected chi connectivity index (χ4v) is 4.68. The van der Waals surface area contributed by atoms with Crippen molar-refractivity contribution in [3.8, 4) is 11.4 Å². The van der Waals surface area contributed by atoms with E-state index >= 15 is 0 Å². The average molecular weight is 459 g/mol. The van der Waals surface area contributed by atoms with Gasteiger partial charge in [0, 0.05) is 28.7 Å². The van der Waals surface area contributed by atoms with Gasteiger partial charge in [0.1, 0.15) is 5.82 Å². The van der Waals surface area contributed by atoms with Crippen molar-refractivity contribution in [2.75, 3.05) is 5.75 Å². The number of hydrogen-bond acceptors (Lipinski definition) is 4. The lowest BCUT2D eigenvalue weighted by Gasteiger charge is -2.23. The molecule has 4 rings (SSSR count). The second-order valence-corrected chi connectivity index (χ2v) is 8.96. The van der Waals surface area contributed by atoms with Crippen molar-refractivity contribution < 1.29 is 9.18 Å². The van der Waals surface area contributed by atoms with Crippen LogP contribution in [0.1, 0.15) is 30.9 Å². The molecule has 1 aliphatic carbocycles. The van der Waals surface area contributed by atoms with Gasteiger partial charge in [0.2, 0.25) is 5.91 Å². The maximum atomic E-state index is 14.3. The third-order valence-electron chi connectivity index (χ3n) is 5.44. The second-order valence-electron chi connectivity index (χ2n) is 7.61. The number of aromatic nitrogens is 3. The van der Waals surface area contributed by atoms with Gasteiger partial charge in [-0.3, -0.25) is 4.79 Å². The van der Waals surface area contributed by atoms with E-state index in [1.807, 2.05) is 42.7 Å². The van der Waals surface area contributed by atoms with Gasteiger partial charge >= 0.3 is 0 Å². The van der Waals surface area contributed by atoms with E-state index in [1.165, 1.54) is 17.8 Å². The number of thioether (sulfide) groups is 1. The zero-order chi connectivity index (χ0) is 22.0. The number of aryl methyl sites for hydroxylation is 1. The third kappa shape index (κ3) is 4.77. The predicted molar refractivity (Wildman–Crippen MR) is 122 cm³/mol. The van der Waals surface area contributed by atoms with Crippen molar-refractivity contribution in [1.29, 1.82) is 0 Å². The monoisotopic (exact) mass is 458 g/mol. The Morgan fingerprint density at radius 3 is 2.68 bits per heavy atom. The first kappa shape index (κ1) is 21.8. The van der Waals surface area contributed by atoms with Crippen LogP contribution in [0.3, 0.4) is 0 Å². The molecule has 3 aromatic rings. The maximum absolute atomic E-state index is 14.3. The van der Waals surface area contributed by atoms with E-state index in [4.69, 9.17) is 11.6 Å². The summed E-state index contributed by atoms with van der Waals surface area (Å²) >= 11 is 7.55. The standard InChI is InChI=1S/C23H24ClFN4OS/c1-3-28-22(17-8-5-4-7-15(17)2)26-27-23(28)31-14-21(30)29(16-11-12-16)13-18-19(24)9-6-10-20(18)25/h4-10,16H,3,11-14H2,1-2H3. The number of amides is 1. The minimum absolute atomic E-state index is 0.0464. The molecule has 0 N–H and O–H groups in total. The highest BCUT2D eigenvalue weighted by Gasteiger charge is 2.33. The zero-order valence-corrected chi connectivity index (χ0v) is 19.1. The van der Waals surface area contributed by atoms with E-state index in [2.05, 4.69) is 10.2 Å². The number of nitrogens with zero attached hydrogens (tertiary/aromatic N) is 4. The molecule has 31 heavy (non-hydrogen) atoms. The SMILES string of the molecule is CCn1c(SCC(=O)N(Cc2c(F)cccc2Cl)C2CC2)nnc1-c1ccccc1C. The van der Waals surface area contributed by atoms with E-state index in [1.54, 1.807) is 17.0 Å². The lowest BCUT2D eigenvalue weighted by atomic mass is 10.1. The van der Waals surface area contributed by atoms with E-state index in [9.17, 15) is 9.18 Å². The first-order valence-electron chi connectivity index (χ1n) is 10.3. The Balaban J connectivity index is 1.49. The summed E-state index contributed by atoms with van der Waals surface area (Å²) in [5.41, 5.74) is 2.52. The molecule has 0 spiro atoms. The van der Waals surface area contributed by atoms with Crippen LogP contribution in [0.15, 0.2) is 47.6 Å². The minimum atomic E-state index is -0.382. The summed E-state index contributed by atoms with van der Waals surface area (Å²) in [4.78, 5) is 14.8. The van der Waals surface area contributed by atoms with Gasteiger partial charge in [0.05, 0.1) is 12.3 Å². The van der Waals surface area contributed by atoms with Gasteiger partial charge in [-0.25, -0.2) is 4.39 Å². The molecular formula is C23H24ClFN4OS. The molecule has 5 nitrogen and oxygen atoms in total. The Labute approximate surface area is 190 Å². The first-order chi connectivity index (χ1) is 15.0. The quantitative estimate of drug-likeness (QED) is 0.427. The Morgan fingerprint density at radius 1 is 1.23 bits per heavy atom. The molecule has 0 saturated heterocycles. The normalized spacial score (nSPS) is 13.4. The molecule has 162 valence electrons. The second kappa shape index (κ2) is 9.40. The number of carbonyl (C=O) groups is 1. The fraction of sp³-hybridized carbons (Fsp3) is 0.348. The zero-order valence-electron chi connectivity index (χ0n) is 17.5.